The highest BCUT2D eigenvalue weighted by Crippen LogP contribution is 2.51. The molecule has 232 valence electrons. The average molecular weight is 629 g/mol. The summed E-state index contributed by atoms with van der Waals surface area (Å²) in [6, 6.07) is 54.2. The maximum atomic E-state index is 6.87. The number of rotatable bonds is 4. The first-order valence-electron chi connectivity index (χ1n) is 16.9. The molecule has 0 spiro atoms. The molecule has 3 heteroatoms. The lowest BCUT2D eigenvalue weighted by Gasteiger charge is -2.21. The fraction of sp³-hybridized carbons (Fsp3) is 0.0652. The lowest BCUT2D eigenvalue weighted by Crippen LogP contribution is -2.14. The zero-order chi connectivity index (χ0) is 32.7. The van der Waals surface area contributed by atoms with Gasteiger partial charge in [-0.25, -0.2) is 4.98 Å². The second kappa shape index (κ2) is 10.4. The summed E-state index contributed by atoms with van der Waals surface area (Å²) in [6.07, 6.45) is 2.11. The highest BCUT2D eigenvalue weighted by atomic mass is 16.3. The Balaban J connectivity index is 1.23. The molecular formula is C46H32N2O. The minimum atomic E-state index is -0.0787. The molecule has 1 aliphatic rings. The fourth-order valence-electron chi connectivity index (χ4n) is 8.01. The predicted octanol–water partition coefficient (Wildman–Crippen LogP) is 12.2. The van der Waals surface area contributed by atoms with Crippen molar-refractivity contribution < 1.29 is 4.42 Å². The van der Waals surface area contributed by atoms with Crippen molar-refractivity contribution in [2.45, 2.75) is 19.3 Å². The van der Waals surface area contributed by atoms with Gasteiger partial charge in [-0.05, 0) is 81.4 Å². The molecule has 0 N–H and O–H groups in total. The highest BCUT2D eigenvalue weighted by Gasteiger charge is 2.36. The normalized spacial score (nSPS) is 13.3. The van der Waals surface area contributed by atoms with Gasteiger partial charge in [-0.15, -0.1) is 0 Å². The largest absolute Gasteiger partial charge is 0.455 e. The molecule has 0 amide bonds. The van der Waals surface area contributed by atoms with Gasteiger partial charge >= 0.3 is 0 Å². The van der Waals surface area contributed by atoms with Crippen molar-refractivity contribution in [2.24, 2.45) is 0 Å². The molecule has 0 unspecified atom stereocenters. The molecule has 0 aliphatic heterocycles. The fourth-order valence-corrected chi connectivity index (χ4v) is 8.01. The van der Waals surface area contributed by atoms with Crippen molar-refractivity contribution in [3.63, 3.8) is 0 Å². The molecule has 0 atom stereocenters. The van der Waals surface area contributed by atoms with E-state index in [1.165, 1.54) is 22.3 Å². The van der Waals surface area contributed by atoms with Crippen LogP contribution in [0.2, 0.25) is 0 Å². The topological polar surface area (TPSA) is 30.4 Å². The molecular weight excluding hydrogens is 597 g/mol. The smallest absolute Gasteiger partial charge is 0.143 e. The number of fused-ring (bicyclic) bond motifs is 7. The van der Waals surface area contributed by atoms with Crippen LogP contribution in [0.1, 0.15) is 25.0 Å². The maximum Gasteiger partial charge on any atom is 0.143 e. The third-order valence-corrected chi connectivity index (χ3v) is 10.4. The molecule has 1 aliphatic carbocycles. The number of nitrogens with zero attached hydrogens (tertiary/aromatic N) is 2. The van der Waals surface area contributed by atoms with Gasteiger partial charge in [0.05, 0.1) is 11.4 Å². The van der Waals surface area contributed by atoms with Crippen molar-refractivity contribution >= 4 is 27.6 Å². The molecule has 0 fully saturated rings. The van der Waals surface area contributed by atoms with Gasteiger partial charge in [0.1, 0.15) is 16.8 Å². The number of imidazole rings is 1. The minimum absolute atomic E-state index is 0.0787. The van der Waals surface area contributed by atoms with E-state index in [2.05, 4.69) is 170 Å². The van der Waals surface area contributed by atoms with Gasteiger partial charge in [0.15, 0.2) is 0 Å². The summed E-state index contributed by atoms with van der Waals surface area (Å²) in [5, 5.41) is 2.29. The Hall–Kier alpha value is -6.19. The molecule has 0 saturated carbocycles. The van der Waals surface area contributed by atoms with Crippen molar-refractivity contribution in [1.29, 1.82) is 0 Å². The highest BCUT2D eigenvalue weighted by molar-refractivity contribution is 6.11. The van der Waals surface area contributed by atoms with Crippen LogP contribution in [0, 0.1) is 0 Å². The van der Waals surface area contributed by atoms with Gasteiger partial charge < -0.3 is 4.42 Å². The Morgan fingerprint density at radius 3 is 2.04 bits per heavy atom. The predicted molar refractivity (Wildman–Crippen MR) is 202 cm³/mol. The molecule has 6 aromatic carbocycles. The van der Waals surface area contributed by atoms with E-state index >= 15 is 0 Å². The molecule has 3 heterocycles. The van der Waals surface area contributed by atoms with E-state index in [4.69, 9.17) is 9.40 Å². The molecule has 10 rings (SSSR count). The quantitative estimate of drug-likeness (QED) is 0.194. The Kier molecular flexibility index (Phi) is 5.92. The average Bonchev–Trinajstić information content (AvgIpc) is 3.79. The summed E-state index contributed by atoms with van der Waals surface area (Å²) in [4.78, 5) is 5.15. The first-order valence-corrected chi connectivity index (χ1v) is 16.9. The summed E-state index contributed by atoms with van der Waals surface area (Å²) in [5.41, 5.74) is 16.6. The maximum absolute atomic E-state index is 6.87. The number of aromatic nitrogens is 2. The first-order chi connectivity index (χ1) is 24.0. The number of furan rings is 1. The number of hydrogen-bond acceptors (Lipinski definition) is 2. The van der Waals surface area contributed by atoms with Crippen LogP contribution >= 0.6 is 0 Å². The van der Waals surface area contributed by atoms with Gasteiger partial charge in [-0.3, -0.25) is 4.40 Å². The van der Waals surface area contributed by atoms with Gasteiger partial charge in [0, 0.05) is 39.1 Å². The molecule has 0 radical (unpaired) electrons. The van der Waals surface area contributed by atoms with E-state index in [-0.39, 0.29) is 5.41 Å². The first kappa shape index (κ1) is 27.9. The summed E-state index contributed by atoms with van der Waals surface area (Å²) in [7, 11) is 0. The van der Waals surface area contributed by atoms with Crippen molar-refractivity contribution in [3.05, 3.63) is 169 Å². The molecule has 9 aromatic rings. The number of pyridine rings is 1. The van der Waals surface area contributed by atoms with E-state index in [0.29, 0.717) is 0 Å². The van der Waals surface area contributed by atoms with E-state index < -0.39 is 0 Å². The summed E-state index contributed by atoms with van der Waals surface area (Å²) in [6.45, 7) is 4.66. The lowest BCUT2D eigenvalue weighted by molar-refractivity contribution is 0.658. The summed E-state index contributed by atoms with van der Waals surface area (Å²) in [5.74, 6) is 0. The van der Waals surface area contributed by atoms with Crippen LogP contribution in [0.3, 0.4) is 0 Å². The van der Waals surface area contributed by atoms with Crippen LogP contribution in [-0.4, -0.2) is 9.38 Å². The molecule has 49 heavy (non-hydrogen) atoms. The lowest BCUT2D eigenvalue weighted by atomic mass is 9.82. The minimum Gasteiger partial charge on any atom is -0.455 e. The monoisotopic (exact) mass is 628 g/mol. The van der Waals surface area contributed by atoms with Crippen molar-refractivity contribution in [3.8, 4) is 55.9 Å². The van der Waals surface area contributed by atoms with Crippen molar-refractivity contribution in [2.75, 3.05) is 0 Å². The number of para-hydroxylation sites is 1. The van der Waals surface area contributed by atoms with Gasteiger partial charge in [0.25, 0.3) is 0 Å². The number of hydrogen-bond donors (Lipinski definition) is 0. The summed E-state index contributed by atoms with van der Waals surface area (Å²) >= 11 is 0. The third kappa shape index (κ3) is 4.19. The van der Waals surface area contributed by atoms with E-state index in [1.807, 2.05) is 6.07 Å². The van der Waals surface area contributed by atoms with Gasteiger partial charge in [0.2, 0.25) is 0 Å². The van der Waals surface area contributed by atoms with Crippen LogP contribution in [0.4, 0.5) is 0 Å². The standard InChI is InChI=1S/C46H32N2O/c1-46(2)39-21-10-9-18-35(39)37-28-41-38(27-40(37)46)36-20-13-19-34(45(36)49-41)32-24-31(29-14-5-3-6-15-29)25-33(26-32)44-43(30-16-7-4-8-17-30)47-42-22-11-12-23-48(42)44/h3-28H,1-2H3. The summed E-state index contributed by atoms with van der Waals surface area (Å²) < 4.78 is 9.08. The Morgan fingerprint density at radius 2 is 1.20 bits per heavy atom. The zero-order valence-corrected chi connectivity index (χ0v) is 27.3. The van der Waals surface area contributed by atoms with Crippen LogP contribution in [0.25, 0.3) is 83.5 Å². The second-order valence-electron chi connectivity index (χ2n) is 13.6. The molecule has 0 bridgehead atoms. The van der Waals surface area contributed by atoms with Crippen LogP contribution in [0.5, 0.6) is 0 Å². The zero-order valence-electron chi connectivity index (χ0n) is 27.3. The third-order valence-electron chi connectivity index (χ3n) is 10.4. The van der Waals surface area contributed by atoms with Crippen LogP contribution in [-0.2, 0) is 5.41 Å². The molecule has 3 aromatic heterocycles. The van der Waals surface area contributed by atoms with Gasteiger partial charge in [-0.2, -0.15) is 0 Å². The van der Waals surface area contributed by atoms with Crippen molar-refractivity contribution in [1.82, 2.24) is 9.38 Å². The van der Waals surface area contributed by atoms with Crippen LogP contribution in [0.15, 0.2) is 162 Å². The van der Waals surface area contributed by atoms with E-state index in [9.17, 15) is 0 Å². The Bertz CT molecular complexity index is 2730. The van der Waals surface area contributed by atoms with Crippen LogP contribution < -0.4 is 0 Å². The van der Waals surface area contributed by atoms with E-state index in [1.54, 1.807) is 0 Å². The number of benzene rings is 6. The Morgan fingerprint density at radius 1 is 0.510 bits per heavy atom. The Labute approximate surface area is 284 Å². The molecule has 3 nitrogen and oxygen atoms in total. The second-order valence-corrected chi connectivity index (χ2v) is 13.6. The SMILES string of the molecule is CC1(C)c2ccccc2-c2cc3oc4c(-c5cc(-c6ccccc6)cc(-c6c(-c7ccccc7)nc7ccccn67)c5)cccc4c3cc21. The van der Waals surface area contributed by atoms with E-state index in [0.717, 1.165) is 72.4 Å². The molecule has 0 saturated heterocycles. The van der Waals surface area contributed by atoms with Gasteiger partial charge in [-0.1, -0.05) is 123 Å².